The molecule has 0 N–H and O–H groups in total. The molecule has 0 spiro atoms. The fourth-order valence-corrected chi connectivity index (χ4v) is 3.52. The first-order valence-corrected chi connectivity index (χ1v) is 9.72. The Morgan fingerprint density at radius 2 is 1.73 bits per heavy atom. The van der Waals surface area contributed by atoms with E-state index in [0.29, 0.717) is 12.5 Å². The molecule has 3 rings (SSSR count). The number of rotatable bonds is 8. The second kappa shape index (κ2) is 8.50. The van der Waals surface area contributed by atoms with Crippen LogP contribution in [-0.4, -0.2) is 22.8 Å². The van der Waals surface area contributed by atoms with Crippen LogP contribution in [0, 0.1) is 5.92 Å². The van der Waals surface area contributed by atoms with Crippen molar-refractivity contribution in [2.75, 3.05) is 13.2 Å². The Bertz CT molecular complexity index is 833. The summed E-state index contributed by atoms with van der Waals surface area (Å²) in [6.45, 7) is 11.1. The molecule has 0 aliphatic carbocycles. The number of hydrogen-bond donors (Lipinski definition) is 0. The van der Waals surface area contributed by atoms with Gasteiger partial charge in [0.1, 0.15) is 5.82 Å². The number of ether oxygens (including phenoxy) is 1. The highest BCUT2D eigenvalue weighted by Gasteiger charge is 2.18. The lowest BCUT2D eigenvalue weighted by Gasteiger charge is -2.16. The lowest BCUT2D eigenvalue weighted by atomic mass is 9.96. The van der Waals surface area contributed by atoms with Crippen LogP contribution >= 0.6 is 0 Å². The van der Waals surface area contributed by atoms with E-state index in [-0.39, 0.29) is 5.92 Å². The highest BCUT2D eigenvalue weighted by molar-refractivity contribution is 5.76. The summed E-state index contributed by atoms with van der Waals surface area (Å²) in [7, 11) is 0. The van der Waals surface area contributed by atoms with Gasteiger partial charge < -0.3 is 9.30 Å². The molecule has 0 unspecified atom stereocenters. The van der Waals surface area contributed by atoms with Crippen molar-refractivity contribution < 1.29 is 4.74 Å². The van der Waals surface area contributed by atoms with E-state index in [0.717, 1.165) is 30.9 Å². The first kappa shape index (κ1) is 18.7. The van der Waals surface area contributed by atoms with Crippen LogP contribution in [0.5, 0.6) is 0 Å². The van der Waals surface area contributed by atoms with E-state index in [9.17, 15) is 0 Å². The van der Waals surface area contributed by atoms with Gasteiger partial charge in [-0.3, -0.25) is 0 Å². The summed E-state index contributed by atoms with van der Waals surface area (Å²) >= 11 is 0. The second-order valence-corrected chi connectivity index (χ2v) is 7.37. The van der Waals surface area contributed by atoms with E-state index in [4.69, 9.17) is 9.72 Å². The molecular formula is C23H30N2O. The lowest BCUT2D eigenvalue weighted by molar-refractivity contribution is 0.139. The largest absolute Gasteiger partial charge is 0.380 e. The summed E-state index contributed by atoms with van der Waals surface area (Å²) in [5.41, 5.74) is 4.96. The summed E-state index contributed by atoms with van der Waals surface area (Å²) in [6, 6.07) is 17.4. The summed E-state index contributed by atoms with van der Waals surface area (Å²) < 4.78 is 7.92. The summed E-state index contributed by atoms with van der Waals surface area (Å²) in [4.78, 5) is 4.95. The number of aromatic nitrogens is 2. The lowest BCUT2D eigenvalue weighted by Crippen LogP contribution is -2.12. The van der Waals surface area contributed by atoms with Crippen LogP contribution in [-0.2, 0) is 17.7 Å². The van der Waals surface area contributed by atoms with Gasteiger partial charge in [-0.15, -0.1) is 0 Å². The Balaban J connectivity index is 1.91. The number of fused-ring (bicyclic) bond motifs is 1. The van der Waals surface area contributed by atoms with E-state index >= 15 is 0 Å². The third-order valence-electron chi connectivity index (χ3n) is 4.86. The molecule has 0 saturated carbocycles. The van der Waals surface area contributed by atoms with Crippen molar-refractivity contribution in [3.8, 4) is 0 Å². The Morgan fingerprint density at radius 1 is 1.00 bits per heavy atom. The van der Waals surface area contributed by atoms with Gasteiger partial charge in [-0.25, -0.2) is 4.98 Å². The Kier molecular flexibility index (Phi) is 6.10. The summed E-state index contributed by atoms with van der Waals surface area (Å²) in [6.07, 6.45) is 1.13. The third-order valence-corrected chi connectivity index (χ3v) is 4.86. The standard InChI is InChI=1S/C23H30N2O/c1-5-26-15-14-25-22-9-7-6-8-21(22)24-23(25)18(4)20-12-10-19(11-13-20)16-17(2)3/h6-13,17-18H,5,14-16H2,1-4H3/t18-/m0/s1. The van der Waals surface area contributed by atoms with Gasteiger partial charge in [0, 0.05) is 19.1 Å². The number of para-hydroxylation sites is 2. The molecule has 0 aliphatic rings. The maximum atomic E-state index is 5.60. The van der Waals surface area contributed by atoms with Gasteiger partial charge in [0.05, 0.1) is 17.6 Å². The van der Waals surface area contributed by atoms with Gasteiger partial charge in [0.25, 0.3) is 0 Å². The molecule has 138 valence electrons. The highest BCUT2D eigenvalue weighted by Crippen LogP contribution is 2.28. The minimum Gasteiger partial charge on any atom is -0.380 e. The molecule has 1 aromatic heterocycles. The van der Waals surface area contributed by atoms with Gasteiger partial charge in [0.15, 0.2) is 0 Å². The molecule has 2 aromatic carbocycles. The van der Waals surface area contributed by atoms with Crippen molar-refractivity contribution >= 4 is 11.0 Å². The Hall–Kier alpha value is -2.13. The van der Waals surface area contributed by atoms with Crippen LogP contribution in [0.15, 0.2) is 48.5 Å². The number of nitrogens with zero attached hydrogens (tertiary/aromatic N) is 2. The number of imidazole rings is 1. The minimum atomic E-state index is 0.247. The van der Waals surface area contributed by atoms with Crippen molar-refractivity contribution in [1.29, 1.82) is 0 Å². The molecule has 1 heterocycles. The maximum absolute atomic E-state index is 5.60. The van der Waals surface area contributed by atoms with Crippen molar-refractivity contribution in [2.45, 2.75) is 46.6 Å². The average Bonchev–Trinajstić information content (AvgIpc) is 3.00. The number of hydrogen-bond acceptors (Lipinski definition) is 2. The third kappa shape index (κ3) is 4.16. The highest BCUT2D eigenvalue weighted by atomic mass is 16.5. The summed E-state index contributed by atoms with van der Waals surface area (Å²) in [5.74, 6) is 2.04. The molecule has 26 heavy (non-hydrogen) atoms. The second-order valence-electron chi connectivity index (χ2n) is 7.37. The Morgan fingerprint density at radius 3 is 2.42 bits per heavy atom. The fraction of sp³-hybridized carbons (Fsp3) is 0.435. The zero-order valence-electron chi connectivity index (χ0n) is 16.4. The molecule has 0 saturated heterocycles. The normalized spacial score (nSPS) is 12.8. The van der Waals surface area contributed by atoms with E-state index < -0.39 is 0 Å². The molecule has 0 amide bonds. The monoisotopic (exact) mass is 350 g/mol. The van der Waals surface area contributed by atoms with E-state index in [1.165, 1.54) is 16.6 Å². The van der Waals surface area contributed by atoms with Crippen LogP contribution in [0.4, 0.5) is 0 Å². The van der Waals surface area contributed by atoms with Gasteiger partial charge >= 0.3 is 0 Å². The fourth-order valence-electron chi connectivity index (χ4n) is 3.52. The van der Waals surface area contributed by atoms with Gasteiger partial charge in [-0.05, 0) is 42.5 Å². The summed E-state index contributed by atoms with van der Waals surface area (Å²) in [5, 5.41) is 0. The van der Waals surface area contributed by atoms with Gasteiger partial charge in [-0.2, -0.15) is 0 Å². The minimum absolute atomic E-state index is 0.247. The topological polar surface area (TPSA) is 27.1 Å². The van der Waals surface area contributed by atoms with Crippen LogP contribution in [0.25, 0.3) is 11.0 Å². The molecule has 0 radical (unpaired) electrons. The SMILES string of the molecule is CCOCCn1c([C@@H](C)c2ccc(CC(C)C)cc2)nc2ccccc21. The van der Waals surface area contributed by atoms with E-state index in [2.05, 4.69) is 73.9 Å². The van der Waals surface area contributed by atoms with Crippen molar-refractivity contribution in [3.05, 3.63) is 65.5 Å². The zero-order valence-corrected chi connectivity index (χ0v) is 16.4. The number of benzene rings is 2. The first-order chi connectivity index (χ1) is 12.6. The molecule has 3 aromatic rings. The van der Waals surface area contributed by atoms with Crippen molar-refractivity contribution in [1.82, 2.24) is 9.55 Å². The quantitative estimate of drug-likeness (QED) is 0.507. The van der Waals surface area contributed by atoms with Crippen LogP contribution in [0.3, 0.4) is 0 Å². The molecule has 1 atom stereocenters. The molecule has 3 heteroatoms. The van der Waals surface area contributed by atoms with Gasteiger partial charge in [0.2, 0.25) is 0 Å². The predicted octanol–water partition coefficient (Wildman–Crippen LogP) is 5.42. The maximum Gasteiger partial charge on any atom is 0.117 e. The molecule has 0 aliphatic heterocycles. The average molecular weight is 351 g/mol. The molecule has 0 fully saturated rings. The van der Waals surface area contributed by atoms with Crippen molar-refractivity contribution in [2.24, 2.45) is 5.92 Å². The predicted molar refractivity (Wildman–Crippen MR) is 109 cm³/mol. The smallest absolute Gasteiger partial charge is 0.117 e. The van der Waals surface area contributed by atoms with Crippen molar-refractivity contribution in [3.63, 3.8) is 0 Å². The first-order valence-electron chi connectivity index (χ1n) is 9.72. The van der Waals surface area contributed by atoms with Crippen LogP contribution < -0.4 is 0 Å². The molecule has 0 bridgehead atoms. The van der Waals surface area contributed by atoms with Gasteiger partial charge in [-0.1, -0.05) is 57.2 Å². The van der Waals surface area contributed by atoms with Crippen LogP contribution in [0.2, 0.25) is 0 Å². The van der Waals surface area contributed by atoms with E-state index in [1.807, 2.05) is 6.92 Å². The molecular weight excluding hydrogens is 320 g/mol. The zero-order chi connectivity index (χ0) is 18.5. The van der Waals surface area contributed by atoms with E-state index in [1.54, 1.807) is 0 Å². The Labute approximate surface area is 157 Å². The molecule has 3 nitrogen and oxygen atoms in total. The van der Waals surface area contributed by atoms with Crippen LogP contribution in [0.1, 0.15) is 50.6 Å².